The van der Waals surface area contributed by atoms with Gasteiger partial charge >= 0.3 is 0 Å². The Morgan fingerprint density at radius 2 is 1.04 bits per heavy atom. The summed E-state index contributed by atoms with van der Waals surface area (Å²) in [6.07, 6.45) is 0. The van der Waals surface area contributed by atoms with Crippen LogP contribution in [0, 0.1) is 0 Å². The van der Waals surface area contributed by atoms with Crippen LogP contribution < -0.4 is 9.47 Å². The van der Waals surface area contributed by atoms with Crippen LogP contribution in [0.4, 0.5) is 0 Å². The quantitative estimate of drug-likeness (QED) is 0.184. The lowest BCUT2D eigenvalue weighted by atomic mass is 10.0. The molecule has 7 heteroatoms. The van der Waals surface area contributed by atoms with Crippen LogP contribution in [-0.2, 0) is 0 Å². The summed E-state index contributed by atoms with van der Waals surface area (Å²) in [4.78, 5) is 15.6. The van der Waals surface area contributed by atoms with E-state index in [1.54, 1.807) is 11.3 Å². The molecule has 10 aromatic rings. The van der Waals surface area contributed by atoms with Gasteiger partial charge in [0, 0.05) is 48.1 Å². The lowest BCUT2D eigenvalue weighted by Crippen LogP contribution is -2.06. The van der Waals surface area contributed by atoms with Gasteiger partial charge in [-0.25, -0.2) is 15.0 Å². The van der Waals surface area contributed by atoms with Crippen LogP contribution in [0.25, 0.3) is 81.8 Å². The van der Waals surface area contributed by atoms with Crippen molar-refractivity contribution >= 4 is 53.3 Å². The van der Waals surface area contributed by atoms with Crippen LogP contribution in [0.3, 0.4) is 0 Å². The van der Waals surface area contributed by atoms with Crippen molar-refractivity contribution in [3.63, 3.8) is 0 Å². The zero-order valence-electron chi connectivity index (χ0n) is 27.5. The number of thiophene rings is 1. The summed E-state index contributed by atoms with van der Waals surface area (Å²) in [7, 11) is 0. The maximum absolute atomic E-state index is 6.68. The van der Waals surface area contributed by atoms with E-state index in [2.05, 4.69) is 102 Å². The SMILES string of the molecule is c1ccc(-c2nc(-c3cc(-n4c5ccccc5c5ccccc54)cc4c3Oc3ccccc3O4)nc(-c3cccc4sc5ccccc5c34)n2)cc1. The highest BCUT2D eigenvalue weighted by atomic mass is 32.1. The molecule has 11 rings (SSSR count). The van der Waals surface area contributed by atoms with Gasteiger partial charge in [0.05, 0.1) is 22.3 Å². The van der Waals surface area contributed by atoms with Crippen LogP contribution in [0.1, 0.15) is 0 Å². The Morgan fingerprint density at radius 3 is 1.81 bits per heavy atom. The Balaban J connectivity index is 1.22. The molecular formula is C45H26N4O2S. The van der Waals surface area contributed by atoms with E-state index in [1.807, 2.05) is 60.7 Å². The normalized spacial score (nSPS) is 12.2. The summed E-state index contributed by atoms with van der Waals surface area (Å²) < 4.78 is 18.0. The Morgan fingerprint density at radius 1 is 0.442 bits per heavy atom. The summed E-state index contributed by atoms with van der Waals surface area (Å²) in [6, 6.07) is 53.8. The highest BCUT2D eigenvalue weighted by molar-refractivity contribution is 7.25. The number of para-hydroxylation sites is 4. The van der Waals surface area contributed by atoms with Gasteiger partial charge in [-0.15, -0.1) is 11.3 Å². The molecule has 0 aliphatic carbocycles. The van der Waals surface area contributed by atoms with E-state index >= 15 is 0 Å². The first-order valence-corrected chi connectivity index (χ1v) is 17.9. The molecule has 4 heterocycles. The molecule has 0 saturated carbocycles. The largest absolute Gasteiger partial charge is 0.449 e. The minimum atomic E-state index is 0.488. The molecular weight excluding hydrogens is 661 g/mol. The highest BCUT2D eigenvalue weighted by Gasteiger charge is 2.27. The monoisotopic (exact) mass is 686 g/mol. The van der Waals surface area contributed by atoms with E-state index in [4.69, 9.17) is 24.4 Å². The molecule has 0 amide bonds. The maximum atomic E-state index is 6.68. The fraction of sp³-hybridized carbons (Fsp3) is 0. The summed E-state index contributed by atoms with van der Waals surface area (Å²) in [6.45, 7) is 0. The predicted octanol–water partition coefficient (Wildman–Crippen LogP) is 12.2. The molecule has 7 aromatic carbocycles. The van der Waals surface area contributed by atoms with E-state index in [-0.39, 0.29) is 0 Å². The number of hydrogen-bond acceptors (Lipinski definition) is 6. The van der Waals surface area contributed by atoms with E-state index < -0.39 is 0 Å². The van der Waals surface area contributed by atoms with Gasteiger partial charge in [0.1, 0.15) is 0 Å². The second-order valence-corrected chi connectivity index (χ2v) is 13.9. The summed E-state index contributed by atoms with van der Waals surface area (Å²) in [5.41, 5.74) is 5.62. The predicted molar refractivity (Wildman–Crippen MR) is 210 cm³/mol. The topological polar surface area (TPSA) is 62.1 Å². The van der Waals surface area contributed by atoms with Crippen LogP contribution in [0.5, 0.6) is 23.0 Å². The first kappa shape index (κ1) is 29.0. The minimum Gasteiger partial charge on any atom is -0.449 e. The zero-order valence-corrected chi connectivity index (χ0v) is 28.3. The van der Waals surface area contributed by atoms with E-state index in [0.717, 1.165) is 33.2 Å². The maximum Gasteiger partial charge on any atom is 0.181 e. The molecule has 0 unspecified atom stereocenters. The summed E-state index contributed by atoms with van der Waals surface area (Å²) >= 11 is 1.78. The lowest BCUT2D eigenvalue weighted by molar-refractivity contribution is 0.360. The van der Waals surface area contributed by atoms with Crippen molar-refractivity contribution in [2.24, 2.45) is 0 Å². The molecule has 1 aliphatic heterocycles. The van der Waals surface area contributed by atoms with Gasteiger partial charge in [-0.3, -0.25) is 0 Å². The third-order valence-electron chi connectivity index (χ3n) is 9.71. The van der Waals surface area contributed by atoms with Crippen molar-refractivity contribution in [3.8, 4) is 62.8 Å². The molecule has 0 atom stereocenters. The number of benzene rings is 7. The number of ether oxygens (including phenoxy) is 2. The van der Waals surface area contributed by atoms with Crippen LogP contribution >= 0.6 is 11.3 Å². The van der Waals surface area contributed by atoms with Crippen molar-refractivity contribution in [1.29, 1.82) is 0 Å². The molecule has 0 fully saturated rings. The number of fused-ring (bicyclic) bond motifs is 8. The summed E-state index contributed by atoms with van der Waals surface area (Å²) in [5.74, 6) is 4.07. The fourth-order valence-electron chi connectivity index (χ4n) is 7.41. The molecule has 244 valence electrons. The molecule has 6 nitrogen and oxygen atoms in total. The smallest absolute Gasteiger partial charge is 0.181 e. The van der Waals surface area contributed by atoms with E-state index in [9.17, 15) is 0 Å². The van der Waals surface area contributed by atoms with E-state index in [0.29, 0.717) is 46.0 Å². The van der Waals surface area contributed by atoms with E-state index in [1.165, 1.54) is 25.6 Å². The standard InChI is InChI=1S/C45H26N4O2S/c1-2-13-27(14-3-1)43-46-44(32-18-12-24-40-41(32)31-17-6-11-23-39(31)52-40)48-45(47-43)33-25-28(26-38-42(33)51-37-22-10-9-21-36(37)50-38)49-34-19-7-4-15-29(34)30-16-5-8-20-35(30)49/h1-26H. The van der Waals surface area contributed by atoms with Gasteiger partial charge in [0.15, 0.2) is 40.5 Å². The van der Waals surface area contributed by atoms with Crippen molar-refractivity contribution in [3.05, 3.63) is 158 Å². The van der Waals surface area contributed by atoms with Crippen molar-refractivity contribution in [1.82, 2.24) is 19.5 Å². The Bertz CT molecular complexity index is 2990. The highest BCUT2D eigenvalue weighted by Crippen LogP contribution is 2.51. The van der Waals surface area contributed by atoms with Gasteiger partial charge in [-0.2, -0.15) is 0 Å². The zero-order chi connectivity index (χ0) is 34.2. The minimum absolute atomic E-state index is 0.488. The third-order valence-corrected chi connectivity index (χ3v) is 10.8. The molecule has 0 radical (unpaired) electrons. The van der Waals surface area contributed by atoms with Crippen molar-refractivity contribution in [2.75, 3.05) is 0 Å². The van der Waals surface area contributed by atoms with Crippen molar-refractivity contribution in [2.45, 2.75) is 0 Å². The Labute approximate surface area is 301 Å². The molecule has 0 saturated heterocycles. The Kier molecular flexibility index (Phi) is 6.32. The number of nitrogens with zero attached hydrogens (tertiary/aromatic N) is 4. The van der Waals surface area contributed by atoms with Gasteiger partial charge in [0.25, 0.3) is 0 Å². The number of aromatic nitrogens is 4. The molecule has 0 bridgehead atoms. The Hall–Kier alpha value is -6.83. The molecule has 3 aromatic heterocycles. The van der Waals surface area contributed by atoms with Crippen LogP contribution in [0.2, 0.25) is 0 Å². The lowest BCUT2D eigenvalue weighted by Gasteiger charge is -2.24. The molecule has 0 N–H and O–H groups in total. The first-order chi connectivity index (χ1) is 25.8. The second kappa shape index (κ2) is 11.3. The van der Waals surface area contributed by atoms with Gasteiger partial charge in [-0.1, -0.05) is 109 Å². The van der Waals surface area contributed by atoms with Gasteiger partial charge in [0.2, 0.25) is 0 Å². The number of hydrogen-bond donors (Lipinski definition) is 0. The van der Waals surface area contributed by atoms with Crippen molar-refractivity contribution < 1.29 is 9.47 Å². The fourth-order valence-corrected chi connectivity index (χ4v) is 8.54. The molecule has 52 heavy (non-hydrogen) atoms. The van der Waals surface area contributed by atoms with Gasteiger partial charge < -0.3 is 14.0 Å². The first-order valence-electron chi connectivity index (χ1n) is 17.1. The molecule has 1 aliphatic rings. The van der Waals surface area contributed by atoms with Crippen LogP contribution in [-0.4, -0.2) is 19.5 Å². The van der Waals surface area contributed by atoms with Crippen LogP contribution in [0.15, 0.2) is 158 Å². The van der Waals surface area contributed by atoms with Gasteiger partial charge in [-0.05, 0) is 42.5 Å². The second-order valence-electron chi connectivity index (χ2n) is 12.8. The third kappa shape index (κ3) is 4.46. The average Bonchev–Trinajstić information content (AvgIpc) is 3.76. The number of rotatable bonds is 4. The summed E-state index contributed by atoms with van der Waals surface area (Å²) in [5, 5.41) is 4.66. The average molecular weight is 687 g/mol. The molecule has 0 spiro atoms.